The van der Waals surface area contributed by atoms with Crippen LogP contribution in [-0.4, -0.2) is 44.1 Å². The second-order valence-electron chi connectivity index (χ2n) is 4.89. The van der Waals surface area contributed by atoms with Crippen LogP contribution < -0.4 is 9.80 Å². The van der Waals surface area contributed by atoms with Gasteiger partial charge in [0, 0.05) is 26.1 Å². The molecule has 0 radical (unpaired) electrons. The zero-order valence-corrected chi connectivity index (χ0v) is 11.5. The average molecular weight is 281 g/mol. The van der Waals surface area contributed by atoms with E-state index in [9.17, 15) is 4.79 Å². The Morgan fingerprint density at radius 3 is 2.47 bits per heavy atom. The first-order chi connectivity index (χ1) is 9.25. The largest absolute Gasteiger partial charge is 0.378 e. The summed E-state index contributed by atoms with van der Waals surface area (Å²) in [6, 6.07) is 8.04. The number of alkyl halides is 1. The van der Waals surface area contributed by atoms with Crippen LogP contribution in [0.1, 0.15) is 6.42 Å². The van der Waals surface area contributed by atoms with Gasteiger partial charge in [-0.3, -0.25) is 4.79 Å². The number of hydrogen-bond acceptors (Lipinski definition) is 3. The van der Waals surface area contributed by atoms with E-state index >= 15 is 0 Å². The first kappa shape index (κ1) is 12.8. The van der Waals surface area contributed by atoms with Gasteiger partial charge in [-0.1, -0.05) is 12.1 Å². The van der Waals surface area contributed by atoms with Crippen LogP contribution in [0.4, 0.5) is 11.4 Å². The van der Waals surface area contributed by atoms with E-state index in [4.69, 9.17) is 16.3 Å². The van der Waals surface area contributed by atoms with Crippen molar-refractivity contribution in [1.29, 1.82) is 0 Å². The minimum Gasteiger partial charge on any atom is -0.378 e. The number of para-hydroxylation sites is 2. The highest BCUT2D eigenvalue weighted by atomic mass is 35.5. The summed E-state index contributed by atoms with van der Waals surface area (Å²) < 4.78 is 5.38. The van der Waals surface area contributed by atoms with Crippen molar-refractivity contribution >= 4 is 28.9 Å². The minimum atomic E-state index is -0.0785. The lowest BCUT2D eigenvalue weighted by molar-refractivity contribution is -0.117. The fourth-order valence-corrected chi connectivity index (χ4v) is 2.93. The van der Waals surface area contributed by atoms with Gasteiger partial charge in [0.2, 0.25) is 5.91 Å². The first-order valence-corrected chi connectivity index (χ1v) is 7.05. The fourth-order valence-electron chi connectivity index (χ4n) is 2.66. The molecule has 3 rings (SSSR count). The molecule has 2 heterocycles. The molecule has 0 bridgehead atoms. The normalized spacial score (nSPS) is 24.1. The lowest BCUT2D eigenvalue weighted by atomic mass is 10.2. The van der Waals surface area contributed by atoms with Crippen molar-refractivity contribution in [2.75, 3.05) is 42.6 Å². The predicted octanol–water partition coefficient (Wildman–Crippen LogP) is 1.87. The number of carbonyl (C=O) groups is 1. The smallest absolute Gasteiger partial charge is 0.228 e. The molecular weight excluding hydrogens is 264 g/mol. The molecule has 2 fully saturated rings. The van der Waals surface area contributed by atoms with Crippen LogP contribution in [0.3, 0.4) is 0 Å². The fraction of sp³-hybridized carbons (Fsp3) is 0.500. The summed E-state index contributed by atoms with van der Waals surface area (Å²) in [7, 11) is 0. The van der Waals surface area contributed by atoms with Gasteiger partial charge in [-0.25, -0.2) is 0 Å². The number of amides is 1. The topological polar surface area (TPSA) is 32.8 Å². The minimum absolute atomic E-state index is 0.0785. The summed E-state index contributed by atoms with van der Waals surface area (Å²) in [6.07, 6.45) is 0.430. The second-order valence-corrected chi connectivity index (χ2v) is 5.51. The van der Waals surface area contributed by atoms with E-state index in [1.54, 1.807) is 0 Å². The maximum absolute atomic E-state index is 12.0. The van der Waals surface area contributed by atoms with Crippen LogP contribution in [0, 0.1) is 0 Å². The molecule has 2 aliphatic rings. The van der Waals surface area contributed by atoms with E-state index in [0.717, 1.165) is 37.7 Å². The van der Waals surface area contributed by atoms with Crippen molar-refractivity contribution in [3.05, 3.63) is 24.3 Å². The molecule has 19 heavy (non-hydrogen) atoms. The Balaban J connectivity index is 1.90. The van der Waals surface area contributed by atoms with Gasteiger partial charge in [-0.15, -0.1) is 11.6 Å². The van der Waals surface area contributed by atoms with Gasteiger partial charge in [0.05, 0.1) is 30.0 Å². The first-order valence-electron chi connectivity index (χ1n) is 6.62. The van der Waals surface area contributed by atoms with Crippen molar-refractivity contribution in [3.63, 3.8) is 0 Å². The van der Waals surface area contributed by atoms with Gasteiger partial charge >= 0.3 is 0 Å². The van der Waals surface area contributed by atoms with Crippen LogP contribution >= 0.6 is 11.6 Å². The Morgan fingerprint density at radius 2 is 1.84 bits per heavy atom. The molecule has 0 aromatic heterocycles. The third-order valence-corrected chi connectivity index (χ3v) is 3.89. The Bertz CT molecular complexity index is 474. The average Bonchev–Trinajstić information content (AvgIpc) is 2.79. The van der Waals surface area contributed by atoms with E-state index in [0.29, 0.717) is 13.0 Å². The molecule has 0 N–H and O–H groups in total. The highest BCUT2D eigenvalue weighted by Gasteiger charge is 2.31. The maximum Gasteiger partial charge on any atom is 0.228 e. The number of halogens is 1. The lowest BCUT2D eigenvalue weighted by Gasteiger charge is -2.32. The summed E-state index contributed by atoms with van der Waals surface area (Å²) in [5.74, 6) is 0.112. The van der Waals surface area contributed by atoms with Gasteiger partial charge in [-0.2, -0.15) is 0 Å². The zero-order chi connectivity index (χ0) is 13.2. The molecule has 5 heteroatoms. The highest BCUT2D eigenvalue weighted by molar-refractivity contribution is 6.24. The zero-order valence-electron chi connectivity index (χ0n) is 10.7. The number of anilines is 2. The van der Waals surface area contributed by atoms with Gasteiger partial charge < -0.3 is 14.5 Å². The Hall–Kier alpha value is -1.26. The molecule has 2 saturated heterocycles. The molecule has 1 unspecified atom stereocenters. The Morgan fingerprint density at radius 1 is 1.16 bits per heavy atom. The van der Waals surface area contributed by atoms with Gasteiger partial charge in [0.15, 0.2) is 0 Å². The third kappa shape index (κ3) is 2.55. The molecule has 1 atom stereocenters. The van der Waals surface area contributed by atoms with Crippen molar-refractivity contribution in [1.82, 2.24) is 0 Å². The summed E-state index contributed by atoms with van der Waals surface area (Å²) in [5.41, 5.74) is 2.07. The number of morpholine rings is 1. The van der Waals surface area contributed by atoms with Gasteiger partial charge in [0.25, 0.3) is 0 Å². The molecule has 0 saturated carbocycles. The van der Waals surface area contributed by atoms with Crippen molar-refractivity contribution < 1.29 is 9.53 Å². The predicted molar refractivity (Wildman–Crippen MR) is 76.1 cm³/mol. The van der Waals surface area contributed by atoms with Crippen LogP contribution in [0.2, 0.25) is 0 Å². The maximum atomic E-state index is 12.0. The van der Waals surface area contributed by atoms with E-state index in [1.807, 2.05) is 23.1 Å². The van der Waals surface area contributed by atoms with E-state index in [-0.39, 0.29) is 11.3 Å². The molecule has 0 spiro atoms. The van der Waals surface area contributed by atoms with Crippen molar-refractivity contribution in [2.24, 2.45) is 0 Å². The lowest BCUT2D eigenvalue weighted by Crippen LogP contribution is -2.37. The summed E-state index contributed by atoms with van der Waals surface area (Å²) >= 11 is 6.09. The standard InChI is InChI=1S/C14H17ClN2O2/c15-11-9-14(18)17(10-11)13-4-2-1-3-12(13)16-5-7-19-8-6-16/h1-4,11H,5-10H2. The van der Waals surface area contributed by atoms with Crippen LogP contribution in [-0.2, 0) is 9.53 Å². The highest BCUT2D eigenvalue weighted by Crippen LogP contribution is 2.33. The number of ether oxygens (including phenoxy) is 1. The second kappa shape index (κ2) is 5.39. The summed E-state index contributed by atoms with van der Waals surface area (Å²) in [5, 5.41) is -0.0785. The molecule has 0 aliphatic carbocycles. The van der Waals surface area contributed by atoms with Crippen LogP contribution in [0.5, 0.6) is 0 Å². The third-order valence-electron chi connectivity index (χ3n) is 3.60. The molecular formula is C14H17ClN2O2. The van der Waals surface area contributed by atoms with E-state index in [1.165, 1.54) is 0 Å². The molecule has 4 nitrogen and oxygen atoms in total. The molecule has 2 aliphatic heterocycles. The molecule has 102 valence electrons. The SMILES string of the molecule is O=C1CC(Cl)CN1c1ccccc1N1CCOCC1. The number of rotatable bonds is 2. The Kier molecular flexibility index (Phi) is 3.62. The van der Waals surface area contributed by atoms with E-state index in [2.05, 4.69) is 11.0 Å². The monoisotopic (exact) mass is 280 g/mol. The molecule has 1 amide bonds. The number of benzene rings is 1. The van der Waals surface area contributed by atoms with Gasteiger partial charge in [0.1, 0.15) is 0 Å². The number of carbonyl (C=O) groups excluding carboxylic acids is 1. The quantitative estimate of drug-likeness (QED) is 0.776. The van der Waals surface area contributed by atoms with Crippen molar-refractivity contribution in [2.45, 2.75) is 11.8 Å². The van der Waals surface area contributed by atoms with Crippen LogP contribution in [0.15, 0.2) is 24.3 Å². The molecule has 1 aromatic rings. The Labute approximate surface area is 117 Å². The van der Waals surface area contributed by atoms with Crippen LogP contribution in [0.25, 0.3) is 0 Å². The number of nitrogens with zero attached hydrogens (tertiary/aromatic N) is 2. The molecule has 1 aromatic carbocycles. The van der Waals surface area contributed by atoms with Crippen molar-refractivity contribution in [3.8, 4) is 0 Å². The summed E-state index contributed by atoms with van der Waals surface area (Å²) in [6.45, 7) is 3.80. The van der Waals surface area contributed by atoms with Gasteiger partial charge in [-0.05, 0) is 12.1 Å². The number of hydrogen-bond donors (Lipinski definition) is 0. The summed E-state index contributed by atoms with van der Waals surface area (Å²) in [4.78, 5) is 16.1. The van der Waals surface area contributed by atoms with E-state index < -0.39 is 0 Å².